The van der Waals surface area contributed by atoms with Crippen molar-refractivity contribution in [1.82, 2.24) is 19.9 Å². The van der Waals surface area contributed by atoms with Gasteiger partial charge in [0, 0.05) is 30.5 Å². The van der Waals surface area contributed by atoms with Crippen LogP contribution in [0.15, 0.2) is 42.5 Å². The van der Waals surface area contributed by atoms with Crippen LogP contribution < -0.4 is 11.1 Å². The number of unbranched alkanes of at least 4 members (excludes halogenated alkanes) is 1. The number of aryl methyl sites for hydroxylation is 1. The first-order valence-electron chi connectivity index (χ1n) is 10.6. The van der Waals surface area contributed by atoms with Gasteiger partial charge in [-0.25, -0.2) is 9.97 Å². The molecule has 1 amide bonds. The highest BCUT2D eigenvalue weighted by Gasteiger charge is 2.17. The fourth-order valence-electron chi connectivity index (χ4n) is 3.89. The van der Waals surface area contributed by atoms with Crippen LogP contribution in [0.4, 0.5) is 5.82 Å². The summed E-state index contributed by atoms with van der Waals surface area (Å²) < 4.78 is 2.18. The maximum absolute atomic E-state index is 11.4. The lowest BCUT2D eigenvalue weighted by atomic mass is 10.1. The highest BCUT2D eigenvalue weighted by Crippen LogP contribution is 2.30. The summed E-state index contributed by atoms with van der Waals surface area (Å²) >= 11 is 0. The Hall–Kier alpha value is -4.05. The van der Waals surface area contributed by atoms with Crippen molar-refractivity contribution >= 4 is 33.7 Å². The zero-order chi connectivity index (χ0) is 22.7. The summed E-state index contributed by atoms with van der Waals surface area (Å²) in [5.74, 6) is 2.96. The Bertz CT molecular complexity index is 1350. The largest absolute Gasteiger partial charge is 0.508 e. The Morgan fingerprint density at radius 1 is 1.25 bits per heavy atom. The Kier molecular flexibility index (Phi) is 5.95. The normalized spacial score (nSPS) is 11.0. The average Bonchev–Trinajstić information content (AvgIpc) is 3.16. The van der Waals surface area contributed by atoms with Crippen LogP contribution in [0, 0.1) is 12.3 Å². The number of imidazole rings is 1. The summed E-state index contributed by atoms with van der Waals surface area (Å²) in [5, 5.41) is 13.8. The number of aromatic nitrogens is 3. The first-order chi connectivity index (χ1) is 15.5. The molecule has 2 aromatic heterocycles. The number of carbonyl (C=O) groups is 1. The molecule has 4 N–H and O–H groups in total. The molecule has 7 nitrogen and oxygen atoms in total. The zero-order valence-electron chi connectivity index (χ0n) is 17.9. The summed E-state index contributed by atoms with van der Waals surface area (Å²) in [6, 6.07) is 13.3. The number of hydrogen-bond donors (Lipinski definition) is 3. The van der Waals surface area contributed by atoms with Gasteiger partial charge in [0.25, 0.3) is 5.91 Å². The number of nitrogens with one attached hydrogen (secondary N) is 1. The van der Waals surface area contributed by atoms with Gasteiger partial charge in [0.05, 0.1) is 11.0 Å². The van der Waals surface area contributed by atoms with Crippen molar-refractivity contribution in [3.05, 3.63) is 59.4 Å². The molecule has 0 radical (unpaired) electrons. The van der Waals surface area contributed by atoms with Gasteiger partial charge in [-0.2, -0.15) is 0 Å². The number of hydrogen-bond acceptors (Lipinski definition) is 5. The zero-order valence-corrected chi connectivity index (χ0v) is 17.9. The van der Waals surface area contributed by atoms with Crippen LogP contribution in [-0.4, -0.2) is 25.5 Å². The van der Waals surface area contributed by atoms with Crippen LogP contribution in [-0.2, 0) is 24.3 Å². The quantitative estimate of drug-likeness (QED) is 0.391. The number of benzene rings is 2. The lowest BCUT2D eigenvalue weighted by molar-refractivity contribution is -0.115. The fourth-order valence-corrected chi connectivity index (χ4v) is 3.89. The third-order valence-electron chi connectivity index (χ3n) is 5.50. The molecule has 0 aliphatic rings. The van der Waals surface area contributed by atoms with E-state index in [1.165, 1.54) is 0 Å². The van der Waals surface area contributed by atoms with E-state index < -0.39 is 5.91 Å². The van der Waals surface area contributed by atoms with Gasteiger partial charge in [-0.1, -0.05) is 37.6 Å². The number of rotatable bonds is 7. The van der Waals surface area contributed by atoms with Crippen LogP contribution in [0.25, 0.3) is 21.9 Å². The Morgan fingerprint density at radius 2 is 2.06 bits per heavy atom. The van der Waals surface area contributed by atoms with E-state index in [4.69, 9.17) is 17.1 Å². The molecule has 0 saturated carbocycles. The number of nitrogens with zero attached hydrogens (tertiary/aromatic N) is 3. The highest BCUT2D eigenvalue weighted by atomic mass is 16.3. The highest BCUT2D eigenvalue weighted by molar-refractivity contribution is 6.06. The minimum Gasteiger partial charge on any atom is -0.508 e. The molecule has 0 aliphatic heterocycles. The monoisotopic (exact) mass is 427 g/mol. The number of para-hydroxylation sites is 1. The third kappa shape index (κ3) is 4.08. The van der Waals surface area contributed by atoms with Gasteiger partial charge in [0.15, 0.2) is 5.82 Å². The van der Waals surface area contributed by atoms with Crippen molar-refractivity contribution < 1.29 is 9.90 Å². The predicted octanol–water partition coefficient (Wildman–Crippen LogP) is 3.51. The SMILES string of the molecule is C#CC(=O)NCc1cc(Cn2c(CCCC)nc3c(N)nc4ccccc4c32)ccc1O. The van der Waals surface area contributed by atoms with Crippen molar-refractivity contribution in [2.24, 2.45) is 0 Å². The minimum absolute atomic E-state index is 0.103. The number of carbonyl (C=O) groups excluding carboxylic acids is 1. The van der Waals surface area contributed by atoms with Crippen LogP contribution in [0.1, 0.15) is 36.7 Å². The van der Waals surface area contributed by atoms with Gasteiger partial charge < -0.3 is 20.7 Å². The summed E-state index contributed by atoms with van der Waals surface area (Å²) in [5.41, 5.74) is 10.3. The molecule has 0 saturated heterocycles. The van der Waals surface area contributed by atoms with Crippen molar-refractivity contribution in [3.63, 3.8) is 0 Å². The van der Waals surface area contributed by atoms with E-state index in [0.717, 1.165) is 47.1 Å². The van der Waals surface area contributed by atoms with E-state index in [-0.39, 0.29) is 12.3 Å². The molecule has 2 heterocycles. The predicted molar refractivity (Wildman–Crippen MR) is 126 cm³/mol. The molecular weight excluding hydrogens is 402 g/mol. The molecule has 162 valence electrons. The summed E-state index contributed by atoms with van der Waals surface area (Å²) in [4.78, 5) is 20.8. The van der Waals surface area contributed by atoms with Gasteiger partial charge in [-0.05, 0) is 36.1 Å². The number of aromatic hydroxyl groups is 1. The number of amides is 1. The summed E-state index contributed by atoms with van der Waals surface area (Å²) in [6.07, 6.45) is 7.99. The third-order valence-corrected chi connectivity index (χ3v) is 5.50. The lowest BCUT2D eigenvalue weighted by Crippen LogP contribution is -2.20. The number of phenols is 1. The lowest BCUT2D eigenvalue weighted by Gasteiger charge is -2.13. The van der Waals surface area contributed by atoms with Gasteiger partial charge in [-0.15, -0.1) is 6.42 Å². The molecule has 0 spiro atoms. The first kappa shape index (κ1) is 21.2. The number of nitrogens with two attached hydrogens (primary N) is 1. The van der Waals surface area contributed by atoms with E-state index in [2.05, 4.69) is 21.8 Å². The average molecular weight is 428 g/mol. The van der Waals surface area contributed by atoms with E-state index in [9.17, 15) is 9.90 Å². The second kappa shape index (κ2) is 8.98. The van der Waals surface area contributed by atoms with Crippen LogP contribution in [0.2, 0.25) is 0 Å². The van der Waals surface area contributed by atoms with Gasteiger partial charge in [0.1, 0.15) is 17.1 Å². The van der Waals surface area contributed by atoms with Crippen LogP contribution >= 0.6 is 0 Å². The van der Waals surface area contributed by atoms with Crippen LogP contribution in [0.5, 0.6) is 5.75 Å². The maximum atomic E-state index is 11.4. The first-order valence-corrected chi connectivity index (χ1v) is 10.6. The molecule has 0 bridgehead atoms. The van der Waals surface area contributed by atoms with Crippen molar-refractivity contribution in [2.45, 2.75) is 39.3 Å². The van der Waals surface area contributed by atoms with Gasteiger partial charge in [-0.3, -0.25) is 4.79 Å². The molecule has 7 heteroatoms. The van der Waals surface area contributed by atoms with Gasteiger partial charge in [0.2, 0.25) is 0 Å². The summed E-state index contributed by atoms with van der Waals surface area (Å²) in [6.45, 7) is 2.84. The topological polar surface area (TPSA) is 106 Å². The van der Waals surface area contributed by atoms with Crippen molar-refractivity contribution in [3.8, 4) is 18.1 Å². The van der Waals surface area contributed by atoms with E-state index >= 15 is 0 Å². The number of pyridine rings is 1. The van der Waals surface area contributed by atoms with Gasteiger partial charge >= 0.3 is 0 Å². The number of fused-ring (bicyclic) bond motifs is 3. The molecule has 4 rings (SSSR count). The Balaban J connectivity index is 1.81. The van der Waals surface area contributed by atoms with E-state index in [0.29, 0.717) is 23.4 Å². The van der Waals surface area contributed by atoms with E-state index in [1.54, 1.807) is 6.07 Å². The number of terminal acetylenes is 1. The second-order valence-electron chi connectivity index (χ2n) is 7.72. The van der Waals surface area contributed by atoms with Crippen LogP contribution in [0.3, 0.4) is 0 Å². The number of anilines is 1. The minimum atomic E-state index is -0.522. The number of nitrogen functional groups attached to an aromatic ring is 1. The summed E-state index contributed by atoms with van der Waals surface area (Å²) in [7, 11) is 0. The molecule has 4 aromatic rings. The Morgan fingerprint density at radius 3 is 2.84 bits per heavy atom. The molecule has 0 unspecified atom stereocenters. The molecule has 0 atom stereocenters. The van der Waals surface area contributed by atoms with E-state index in [1.807, 2.05) is 42.3 Å². The molecule has 32 heavy (non-hydrogen) atoms. The molecule has 0 aliphatic carbocycles. The van der Waals surface area contributed by atoms with Crippen molar-refractivity contribution in [2.75, 3.05) is 5.73 Å². The second-order valence-corrected chi connectivity index (χ2v) is 7.72. The standard InChI is InChI=1S/C25H25N5O2/c1-3-5-10-21-29-23-24(18-8-6-7-9-19(18)28-25(23)26)30(21)15-16-11-12-20(31)17(13-16)14-27-22(32)4-2/h2,6-9,11-13,31H,3,5,10,14-15H2,1H3,(H2,26,28)(H,27,32). The Labute approximate surface area is 186 Å². The fraction of sp³-hybridized carbons (Fsp3) is 0.240. The smallest absolute Gasteiger partial charge is 0.295 e. The number of phenolic OH excluding ortho intramolecular Hbond substituents is 1. The molecule has 2 aromatic carbocycles. The maximum Gasteiger partial charge on any atom is 0.295 e. The van der Waals surface area contributed by atoms with Crippen molar-refractivity contribution in [1.29, 1.82) is 0 Å². The molecule has 0 fully saturated rings. The molecular formula is C25H25N5O2.